The second kappa shape index (κ2) is 7.62. The lowest BCUT2D eigenvalue weighted by Crippen LogP contribution is -2.42. The van der Waals surface area contributed by atoms with Gasteiger partial charge in [-0.1, -0.05) is 30.3 Å². The van der Waals surface area contributed by atoms with E-state index >= 15 is 0 Å². The Morgan fingerprint density at radius 1 is 1.21 bits per heavy atom. The van der Waals surface area contributed by atoms with Gasteiger partial charge in [0.05, 0.1) is 5.56 Å². The highest BCUT2D eigenvalue weighted by Gasteiger charge is 2.27. The summed E-state index contributed by atoms with van der Waals surface area (Å²) in [5.74, 6) is 0.182. The monoisotopic (exact) mass is 342 g/mol. The lowest BCUT2D eigenvalue weighted by molar-refractivity contribution is -0.126. The molecule has 5 heteroatoms. The number of hydrogen-bond acceptors (Lipinski definition) is 3. The summed E-state index contributed by atoms with van der Waals surface area (Å²) in [4.78, 5) is 27.8. The lowest BCUT2D eigenvalue weighted by Gasteiger charge is -2.31. The largest absolute Gasteiger partial charge is 0.352 e. The first-order valence-electron chi connectivity index (χ1n) is 8.29. The summed E-state index contributed by atoms with van der Waals surface area (Å²) in [5.41, 5.74) is 1.87. The van der Waals surface area contributed by atoms with Crippen molar-refractivity contribution >= 4 is 23.2 Å². The topological polar surface area (TPSA) is 49.4 Å². The van der Waals surface area contributed by atoms with Crippen LogP contribution in [-0.2, 0) is 11.3 Å². The first-order valence-corrected chi connectivity index (χ1v) is 9.17. The summed E-state index contributed by atoms with van der Waals surface area (Å²) in [6.45, 7) is 3.87. The van der Waals surface area contributed by atoms with E-state index in [0.717, 1.165) is 28.8 Å². The van der Waals surface area contributed by atoms with Gasteiger partial charge in [0.2, 0.25) is 5.91 Å². The number of carbonyl (C=O) groups excluding carboxylic acids is 2. The molecule has 0 aliphatic carbocycles. The Bertz CT molecular complexity index is 703. The van der Waals surface area contributed by atoms with Gasteiger partial charge in [0, 0.05) is 35.8 Å². The van der Waals surface area contributed by atoms with Gasteiger partial charge in [-0.15, -0.1) is 11.3 Å². The fourth-order valence-electron chi connectivity index (χ4n) is 3.01. The van der Waals surface area contributed by atoms with Gasteiger partial charge in [-0.05, 0) is 31.4 Å². The smallest absolute Gasteiger partial charge is 0.254 e. The van der Waals surface area contributed by atoms with Crippen LogP contribution in [0.15, 0.2) is 41.8 Å². The molecule has 0 atom stereocenters. The average molecular weight is 342 g/mol. The first-order chi connectivity index (χ1) is 11.6. The highest BCUT2D eigenvalue weighted by Crippen LogP contribution is 2.21. The molecule has 24 heavy (non-hydrogen) atoms. The van der Waals surface area contributed by atoms with E-state index in [4.69, 9.17) is 0 Å². The first kappa shape index (κ1) is 16.7. The molecule has 0 saturated carbocycles. The van der Waals surface area contributed by atoms with Gasteiger partial charge < -0.3 is 10.2 Å². The van der Waals surface area contributed by atoms with Gasteiger partial charge in [0.15, 0.2) is 0 Å². The third-order valence-electron chi connectivity index (χ3n) is 4.44. The van der Waals surface area contributed by atoms with Gasteiger partial charge in [-0.3, -0.25) is 9.59 Å². The van der Waals surface area contributed by atoms with Crippen molar-refractivity contribution in [2.24, 2.45) is 5.92 Å². The van der Waals surface area contributed by atoms with Crippen molar-refractivity contribution in [2.75, 3.05) is 13.1 Å². The number of nitrogens with zero attached hydrogens (tertiary/aromatic N) is 1. The Balaban J connectivity index is 1.47. The lowest BCUT2D eigenvalue weighted by atomic mass is 9.95. The van der Waals surface area contributed by atoms with Crippen LogP contribution in [0.1, 0.15) is 33.6 Å². The average Bonchev–Trinajstić information content (AvgIpc) is 3.06. The Kier molecular flexibility index (Phi) is 5.30. The molecular formula is C19H22N2O2S. The molecule has 1 aliphatic rings. The predicted octanol–water partition coefficient (Wildman–Crippen LogP) is 3.23. The summed E-state index contributed by atoms with van der Waals surface area (Å²) in [7, 11) is 0. The number of benzene rings is 1. The Morgan fingerprint density at radius 3 is 2.54 bits per heavy atom. The van der Waals surface area contributed by atoms with Crippen molar-refractivity contribution < 1.29 is 9.59 Å². The number of hydrogen-bond donors (Lipinski definition) is 1. The van der Waals surface area contributed by atoms with E-state index in [1.807, 2.05) is 53.6 Å². The summed E-state index contributed by atoms with van der Waals surface area (Å²) in [5, 5.41) is 4.92. The maximum Gasteiger partial charge on any atom is 0.254 e. The van der Waals surface area contributed by atoms with Crippen molar-refractivity contribution in [2.45, 2.75) is 26.3 Å². The number of thiophene rings is 1. The highest BCUT2D eigenvalue weighted by molar-refractivity contribution is 7.10. The third kappa shape index (κ3) is 4.03. The molecule has 1 fully saturated rings. The standard InChI is InChI=1S/C19H22N2O2S/c1-14-11-17(13-24-14)19(23)21-9-7-16(8-10-21)18(22)20-12-15-5-3-2-4-6-15/h2-6,11,13,16H,7-10,12H2,1H3,(H,20,22). The molecule has 1 aliphatic heterocycles. The SMILES string of the molecule is Cc1cc(C(=O)N2CCC(C(=O)NCc3ccccc3)CC2)cs1. The zero-order valence-electron chi connectivity index (χ0n) is 13.8. The van der Waals surface area contributed by atoms with Crippen molar-refractivity contribution in [3.63, 3.8) is 0 Å². The minimum absolute atomic E-state index is 0.00183. The molecule has 2 amide bonds. The van der Waals surface area contributed by atoms with Crippen LogP contribution in [0.2, 0.25) is 0 Å². The molecule has 0 spiro atoms. The maximum atomic E-state index is 12.4. The number of aryl methyl sites for hydroxylation is 1. The second-order valence-corrected chi connectivity index (χ2v) is 7.33. The number of piperidine rings is 1. The van der Waals surface area contributed by atoms with Crippen molar-refractivity contribution in [1.29, 1.82) is 0 Å². The van der Waals surface area contributed by atoms with E-state index in [1.165, 1.54) is 0 Å². The molecule has 2 heterocycles. The molecule has 0 bridgehead atoms. The van der Waals surface area contributed by atoms with Crippen LogP contribution in [0, 0.1) is 12.8 Å². The molecule has 0 unspecified atom stereocenters. The summed E-state index contributed by atoms with van der Waals surface area (Å²) >= 11 is 1.60. The zero-order chi connectivity index (χ0) is 16.9. The molecule has 1 aromatic carbocycles. The fourth-order valence-corrected chi connectivity index (χ4v) is 3.69. The van der Waals surface area contributed by atoms with E-state index < -0.39 is 0 Å². The molecule has 1 saturated heterocycles. The van der Waals surface area contributed by atoms with Crippen LogP contribution >= 0.6 is 11.3 Å². The minimum atomic E-state index is 0.00183. The van der Waals surface area contributed by atoms with Crippen LogP contribution in [0.25, 0.3) is 0 Å². The Labute approximate surface area is 146 Å². The summed E-state index contributed by atoms with van der Waals surface area (Å²) < 4.78 is 0. The molecular weight excluding hydrogens is 320 g/mol. The maximum absolute atomic E-state index is 12.4. The second-order valence-electron chi connectivity index (χ2n) is 6.22. The van der Waals surface area contributed by atoms with Crippen molar-refractivity contribution in [3.05, 3.63) is 57.8 Å². The predicted molar refractivity (Wildman–Crippen MR) is 96.0 cm³/mol. The van der Waals surface area contributed by atoms with Gasteiger partial charge in [-0.25, -0.2) is 0 Å². The number of amides is 2. The molecule has 1 N–H and O–H groups in total. The third-order valence-corrected chi connectivity index (χ3v) is 5.30. The van der Waals surface area contributed by atoms with E-state index in [1.54, 1.807) is 11.3 Å². The van der Waals surface area contributed by atoms with E-state index in [0.29, 0.717) is 19.6 Å². The van der Waals surface area contributed by atoms with E-state index in [-0.39, 0.29) is 17.7 Å². The van der Waals surface area contributed by atoms with Gasteiger partial charge in [-0.2, -0.15) is 0 Å². The van der Waals surface area contributed by atoms with Crippen LogP contribution in [-0.4, -0.2) is 29.8 Å². The van der Waals surface area contributed by atoms with E-state index in [9.17, 15) is 9.59 Å². The minimum Gasteiger partial charge on any atom is -0.352 e. The normalized spacial score (nSPS) is 15.3. The molecule has 0 radical (unpaired) electrons. The molecule has 126 valence electrons. The van der Waals surface area contributed by atoms with Crippen molar-refractivity contribution in [1.82, 2.24) is 10.2 Å². The molecule has 4 nitrogen and oxygen atoms in total. The van der Waals surface area contributed by atoms with E-state index in [2.05, 4.69) is 5.32 Å². The van der Waals surface area contributed by atoms with Gasteiger partial charge in [0.25, 0.3) is 5.91 Å². The summed E-state index contributed by atoms with van der Waals surface area (Å²) in [6.07, 6.45) is 1.46. The number of carbonyl (C=O) groups is 2. The van der Waals surface area contributed by atoms with Crippen LogP contribution in [0.5, 0.6) is 0 Å². The fraction of sp³-hybridized carbons (Fsp3) is 0.368. The van der Waals surface area contributed by atoms with Crippen LogP contribution in [0.4, 0.5) is 0 Å². The van der Waals surface area contributed by atoms with Crippen LogP contribution < -0.4 is 5.32 Å². The number of nitrogens with one attached hydrogen (secondary N) is 1. The van der Waals surface area contributed by atoms with Gasteiger partial charge >= 0.3 is 0 Å². The van der Waals surface area contributed by atoms with Crippen LogP contribution in [0.3, 0.4) is 0 Å². The number of rotatable bonds is 4. The Hall–Kier alpha value is -2.14. The van der Waals surface area contributed by atoms with Crippen molar-refractivity contribution in [3.8, 4) is 0 Å². The Morgan fingerprint density at radius 2 is 1.92 bits per heavy atom. The molecule has 3 rings (SSSR count). The molecule has 1 aromatic heterocycles. The molecule has 2 aromatic rings. The zero-order valence-corrected chi connectivity index (χ0v) is 14.6. The quantitative estimate of drug-likeness (QED) is 0.927. The number of likely N-dealkylation sites (tertiary alicyclic amines) is 1. The highest BCUT2D eigenvalue weighted by atomic mass is 32.1. The van der Waals surface area contributed by atoms with Gasteiger partial charge in [0.1, 0.15) is 0 Å². The summed E-state index contributed by atoms with van der Waals surface area (Å²) in [6, 6.07) is 11.9.